The maximum Gasteiger partial charge on any atom is 0.252 e. The average molecular weight is 413 g/mol. The van der Waals surface area contributed by atoms with Crippen LogP contribution in [-0.2, 0) is 4.79 Å². The van der Waals surface area contributed by atoms with Gasteiger partial charge in [0.15, 0.2) is 0 Å². The van der Waals surface area contributed by atoms with Crippen LogP contribution in [-0.4, -0.2) is 42.5 Å². The highest BCUT2D eigenvalue weighted by Gasteiger charge is 2.24. The van der Waals surface area contributed by atoms with E-state index in [0.717, 1.165) is 24.2 Å². The quantitative estimate of drug-likeness (QED) is 0.536. The van der Waals surface area contributed by atoms with E-state index in [1.54, 1.807) is 6.07 Å². The molecule has 1 aliphatic heterocycles. The van der Waals surface area contributed by atoms with Gasteiger partial charge in [0.2, 0.25) is 5.91 Å². The van der Waals surface area contributed by atoms with Crippen LogP contribution in [0.25, 0.3) is 0 Å². The Morgan fingerprint density at radius 2 is 1.79 bits per heavy atom. The van der Waals surface area contributed by atoms with Crippen LogP contribution >= 0.6 is 12.6 Å². The number of ether oxygens (including phenoxy) is 1. The Hall–Kier alpha value is -2.47. The molecule has 0 atom stereocenters. The van der Waals surface area contributed by atoms with Crippen LogP contribution in [0.2, 0.25) is 0 Å². The number of hydrogen-bond donors (Lipinski definition) is 2. The van der Waals surface area contributed by atoms with Gasteiger partial charge >= 0.3 is 0 Å². The fourth-order valence-electron chi connectivity index (χ4n) is 3.48. The number of benzene rings is 2. The van der Waals surface area contributed by atoms with Crippen molar-refractivity contribution in [2.75, 3.05) is 19.7 Å². The third-order valence-corrected chi connectivity index (χ3v) is 5.61. The molecule has 3 rings (SSSR count). The van der Waals surface area contributed by atoms with Crippen LogP contribution in [0.1, 0.15) is 41.6 Å². The first-order valence-electron chi connectivity index (χ1n) is 10.1. The molecule has 1 saturated heterocycles. The first-order chi connectivity index (χ1) is 14.0. The van der Waals surface area contributed by atoms with Gasteiger partial charge in [-0.1, -0.05) is 30.3 Å². The van der Waals surface area contributed by atoms with Crippen molar-refractivity contribution >= 4 is 24.4 Å². The minimum atomic E-state index is -0.103. The zero-order valence-electron chi connectivity index (χ0n) is 16.8. The molecule has 2 aromatic carbocycles. The van der Waals surface area contributed by atoms with E-state index < -0.39 is 0 Å². The molecule has 6 heteroatoms. The Balaban J connectivity index is 1.36. The average Bonchev–Trinajstić information content (AvgIpc) is 2.73. The van der Waals surface area contributed by atoms with Gasteiger partial charge in [-0.25, -0.2) is 0 Å². The number of nitrogens with one attached hydrogen (secondary N) is 1. The smallest absolute Gasteiger partial charge is 0.252 e. The number of carbonyl (C=O) groups excluding carboxylic acids is 2. The van der Waals surface area contributed by atoms with Gasteiger partial charge in [0, 0.05) is 30.4 Å². The van der Waals surface area contributed by atoms with Gasteiger partial charge in [0.25, 0.3) is 5.91 Å². The lowest BCUT2D eigenvalue weighted by atomic mass is 10.0. The number of carbonyl (C=O) groups is 2. The topological polar surface area (TPSA) is 58.6 Å². The Bertz CT molecular complexity index is 848. The Morgan fingerprint density at radius 3 is 2.52 bits per heavy atom. The van der Waals surface area contributed by atoms with Gasteiger partial charge in [0.1, 0.15) is 5.75 Å². The van der Waals surface area contributed by atoms with Crippen LogP contribution in [0, 0.1) is 6.92 Å². The van der Waals surface area contributed by atoms with Crippen LogP contribution in [0.15, 0.2) is 53.4 Å². The molecule has 0 bridgehead atoms. The molecule has 154 valence electrons. The van der Waals surface area contributed by atoms with Gasteiger partial charge in [-0.15, -0.1) is 12.6 Å². The van der Waals surface area contributed by atoms with Gasteiger partial charge in [-0.05, 0) is 49.9 Å². The molecule has 0 saturated carbocycles. The number of hydrogen-bond acceptors (Lipinski definition) is 4. The summed E-state index contributed by atoms with van der Waals surface area (Å²) in [6, 6.07) is 15.2. The van der Waals surface area contributed by atoms with Gasteiger partial charge in [-0.2, -0.15) is 0 Å². The second-order valence-electron chi connectivity index (χ2n) is 7.36. The van der Waals surface area contributed by atoms with Crippen molar-refractivity contribution in [1.82, 2.24) is 10.2 Å². The van der Waals surface area contributed by atoms with Gasteiger partial charge in [0.05, 0.1) is 12.2 Å². The number of nitrogens with zero attached hydrogens (tertiary/aromatic N) is 1. The highest BCUT2D eigenvalue weighted by molar-refractivity contribution is 7.80. The minimum Gasteiger partial charge on any atom is -0.493 e. The highest BCUT2D eigenvalue weighted by Crippen LogP contribution is 2.18. The summed E-state index contributed by atoms with van der Waals surface area (Å²) < 4.78 is 5.76. The summed E-state index contributed by atoms with van der Waals surface area (Å²) in [5.74, 6) is 0.928. The van der Waals surface area contributed by atoms with Crippen LogP contribution < -0.4 is 10.1 Å². The lowest BCUT2D eigenvalue weighted by Crippen LogP contribution is -2.46. The van der Waals surface area contributed by atoms with Crippen molar-refractivity contribution < 1.29 is 14.3 Å². The SMILES string of the molecule is Cc1ccccc1OCCCC(=O)N1CCC(NC(=O)c2ccccc2S)CC1. The number of thiol groups is 1. The van der Waals surface area contributed by atoms with Crippen molar-refractivity contribution in [2.45, 2.75) is 43.5 Å². The summed E-state index contributed by atoms with van der Waals surface area (Å²) in [7, 11) is 0. The third kappa shape index (κ3) is 6.00. The summed E-state index contributed by atoms with van der Waals surface area (Å²) in [5, 5.41) is 3.07. The molecule has 29 heavy (non-hydrogen) atoms. The summed E-state index contributed by atoms with van der Waals surface area (Å²) in [5.41, 5.74) is 1.69. The van der Waals surface area contributed by atoms with E-state index in [2.05, 4.69) is 17.9 Å². The van der Waals surface area contributed by atoms with E-state index in [-0.39, 0.29) is 17.9 Å². The monoisotopic (exact) mass is 412 g/mol. The molecule has 0 unspecified atom stereocenters. The minimum absolute atomic E-state index is 0.0869. The normalized spacial score (nSPS) is 14.5. The zero-order valence-corrected chi connectivity index (χ0v) is 17.7. The number of para-hydroxylation sites is 1. The third-order valence-electron chi connectivity index (χ3n) is 5.22. The van der Waals surface area contributed by atoms with Crippen LogP contribution in [0.5, 0.6) is 5.75 Å². The molecule has 5 nitrogen and oxygen atoms in total. The molecule has 1 heterocycles. The molecular formula is C23H28N2O3S. The Kier molecular flexibility index (Phi) is 7.58. The van der Waals surface area contributed by atoms with Crippen molar-refractivity contribution in [2.24, 2.45) is 0 Å². The second-order valence-corrected chi connectivity index (χ2v) is 7.84. The first kappa shape index (κ1) is 21.2. The van der Waals surface area contributed by atoms with Crippen molar-refractivity contribution in [3.05, 3.63) is 59.7 Å². The van der Waals surface area contributed by atoms with Crippen LogP contribution in [0.3, 0.4) is 0 Å². The summed E-state index contributed by atoms with van der Waals surface area (Å²) in [6.45, 7) is 3.89. The number of piperidine rings is 1. The maximum absolute atomic E-state index is 12.4. The van der Waals surface area contributed by atoms with Crippen LogP contribution in [0.4, 0.5) is 0 Å². The predicted octanol–water partition coefficient (Wildman–Crippen LogP) is 3.86. The molecule has 2 amide bonds. The lowest BCUT2D eigenvalue weighted by molar-refractivity contribution is -0.132. The number of likely N-dealkylation sites (tertiary alicyclic amines) is 1. The predicted molar refractivity (Wildman–Crippen MR) is 117 cm³/mol. The van der Waals surface area contributed by atoms with Gasteiger partial charge in [-0.3, -0.25) is 9.59 Å². The van der Waals surface area contributed by atoms with Crippen molar-refractivity contribution in [3.63, 3.8) is 0 Å². The number of aryl methyl sites for hydroxylation is 1. The van der Waals surface area contributed by atoms with E-state index in [0.29, 0.717) is 43.0 Å². The Labute approximate surface area is 177 Å². The highest BCUT2D eigenvalue weighted by atomic mass is 32.1. The van der Waals surface area contributed by atoms with Crippen molar-refractivity contribution in [1.29, 1.82) is 0 Å². The van der Waals surface area contributed by atoms with E-state index in [9.17, 15) is 9.59 Å². The summed E-state index contributed by atoms with van der Waals surface area (Å²) in [4.78, 5) is 27.4. The van der Waals surface area contributed by atoms with E-state index in [1.165, 1.54) is 0 Å². The largest absolute Gasteiger partial charge is 0.493 e. The number of amides is 2. The zero-order chi connectivity index (χ0) is 20.6. The Morgan fingerprint density at radius 1 is 1.10 bits per heavy atom. The standard InChI is InChI=1S/C23H28N2O3S/c1-17-7-2-4-9-20(17)28-16-6-11-22(26)25-14-12-18(13-15-25)24-23(27)19-8-3-5-10-21(19)29/h2-5,7-10,18,29H,6,11-16H2,1H3,(H,24,27). The molecule has 1 fully saturated rings. The molecule has 1 aliphatic rings. The molecular weight excluding hydrogens is 384 g/mol. The molecule has 2 aromatic rings. The van der Waals surface area contributed by atoms with E-state index >= 15 is 0 Å². The van der Waals surface area contributed by atoms with E-state index in [4.69, 9.17) is 4.74 Å². The first-order valence-corrected chi connectivity index (χ1v) is 10.5. The van der Waals surface area contributed by atoms with Gasteiger partial charge < -0.3 is 15.0 Å². The summed E-state index contributed by atoms with van der Waals surface area (Å²) >= 11 is 4.34. The second kappa shape index (κ2) is 10.3. The molecule has 0 spiro atoms. The fraction of sp³-hybridized carbons (Fsp3) is 0.391. The molecule has 0 aliphatic carbocycles. The molecule has 0 radical (unpaired) electrons. The fourth-order valence-corrected chi connectivity index (χ4v) is 3.75. The van der Waals surface area contributed by atoms with E-state index in [1.807, 2.05) is 54.3 Å². The molecule has 1 N–H and O–H groups in total. The number of rotatable bonds is 7. The lowest BCUT2D eigenvalue weighted by Gasteiger charge is -2.32. The summed E-state index contributed by atoms with van der Waals surface area (Å²) in [6.07, 6.45) is 2.72. The van der Waals surface area contributed by atoms with Crippen molar-refractivity contribution in [3.8, 4) is 5.75 Å². The maximum atomic E-state index is 12.4. The molecule has 0 aromatic heterocycles.